The number of pyridine rings is 1. The highest BCUT2D eigenvalue weighted by molar-refractivity contribution is 5.18. The Balaban J connectivity index is 2.27. The average Bonchev–Trinajstić information content (AvgIpc) is 2.51. The van der Waals surface area contributed by atoms with Gasteiger partial charge in [-0.3, -0.25) is 4.98 Å². The summed E-state index contributed by atoms with van der Waals surface area (Å²) in [5.74, 6) is 0. The minimum Gasteiger partial charge on any atom is -0.345 e. The Morgan fingerprint density at radius 3 is 2.43 bits per heavy atom. The van der Waals surface area contributed by atoms with Crippen LogP contribution in [0.25, 0.3) is 0 Å². The topological polar surface area (TPSA) is 17.8 Å². The predicted molar refractivity (Wildman–Crippen MR) is 57.2 cm³/mol. The fourth-order valence-corrected chi connectivity index (χ4v) is 1.62. The summed E-state index contributed by atoms with van der Waals surface area (Å²) < 4.78 is 2.29. The van der Waals surface area contributed by atoms with Crippen LogP contribution in [0, 0.1) is 13.8 Å². The molecule has 0 spiro atoms. The van der Waals surface area contributed by atoms with Crippen molar-refractivity contribution in [3.63, 3.8) is 0 Å². The molecular weight excluding hydrogens is 172 g/mol. The van der Waals surface area contributed by atoms with Crippen LogP contribution >= 0.6 is 0 Å². The Hall–Kier alpha value is -1.57. The Morgan fingerprint density at radius 2 is 1.86 bits per heavy atom. The molecule has 2 rings (SSSR count). The Bertz CT molecular complexity index is 396. The van der Waals surface area contributed by atoms with Gasteiger partial charge in [-0.1, -0.05) is 6.07 Å². The molecule has 0 aromatic carbocycles. The van der Waals surface area contributed by atoms with Crippen LogP contribution in [-0.2, 0) is 6.54 Å². The maximum absolute atomic E-state index is 4.11. The van der Waals surface area contributed by atoms with Gasteiger partial charge in [0.15, 0.2) is 0 Å². The molecule has 0 N–H and O–H groups in total. The minimum absolute atomic E-state index is 0.915. The highest BCUT2D eigenvalue weighted by atomic mass is 15.0. The standard InChI is InChI=1S/C12H14N2/c1-10-5-6-11(2)14(10)9-12-4-3-7-13-8-12/h3-8H,9H2,1-2H3. The van der Waals surface area contributed by atoms with Gasteiger partial charge in [-0.15, -0.1) is 0 Å². The summed E-state index contributed by atoms with van der Waals surface area (Å²) in [5.41, 5.74) is 3.84. The first kappa shape index (κ1) is 9.00. The lowest BCUT2D eigenvalue weighted by atomic mass is 10.3. The summed E-state index contributed by atoms with van der Waals surface area (Å²) >= 11 is 0. The van der Waals surface area contributed by atoms with Gasteiger partial charge in [-0.2, -0.15) is 0 Å². The summed E-state index contributed by atoms with van der Waals surface area (Å²) in [6, 6.07) is 8.37. The summed E-state index contributed by atoms with van der Waals surface area (Å²) in [7, 11) is 0. The Morgan fingerprint density at radius 1 is 1.14 bits per heavy atom. The van der Waals surface area contributed by atoms with Crippen molar-refractivity contribution in [3.05, 3.63) is 53.6 Å². The average molecular weight is 186 g/mol. The van der Waals surface area contributed by atoms with E-state index in [1.165, 1.54) is 17.0 Å². The molecule has 2 nitrogen and oxygen atoms in total. The van der Waals surface area contributed by atoms with Crippen molar-refractivity contribution in [2.75, 3.05) is 0 Å². The van der Waals surface area contributed by atoms with Gasteiger partial charge in [0.05, 0.1) is 0 Å². The van der Waals surface area contributed by atoms with E-state index in [2.05, 4.69) is 41.6 Å². The van der Waals surface area contributed by atoms with Crippen LogP contribution in [0.3, 0.4) is 0 Å². The first-order valence-electron chi connectivity index (χ1n) is 4.79. The molecule has 0 saturated carbocycles. The zero-order chi connectivity index (χ0) is 9.97. The van der Waals surface area contributed by atoms with Crippen molar-refractivity contribution < 1.29 is 0 Å². The molecular formula is C12H14N2. The number of nitrogens with zero attached hydrogens (tertiary/aromatic N) is 2. The second kappa shape index (κ2) is 3.66. The summed E-state index contributed by atoms with van der Waals surface area (Å²) in [4.78, 5) is 4.11. The van der Waals surface area contributed by atoms with Gasteiger partial charge in [0.1, 0.15) is 0 Å². The minimum atomic E-state index is 0.915. The second-order valence-corrected chi connectivity index (χ2v) is 3.56. The molecule has 72 valence electrons. The van der Waals surface area contributed by atoms with E-state index in [1.807, 2.05) is 12.3 Å². The highest BCUT2D eigenvalue weighted by Crippen LogP contribution is 2.10. The SMILES string of the molecule is Cc1ccc(C)n1Cc1cccnc1. The predicted octanol–water partition coefficient (Wildman–Crippen LogP) is 2.55. The maximum Gasteiger partial charge on any atom is 0.0490 e. The molecule has 2 heteroatoms. The number of rotatable bonds is 2. The van der Waals surface area contributed by atoms with Crippen molar-refractivity contribution in [2.24, 2.45) is 0 Å². The van der Waals surface area contributed by atoms with Crippen molar-refractivity contribution in [3.8, 4) is 0 Å². The lowest BCUT2D eigenvalue weighted by Gasteiger charge is -2.08. The monoisotopic (exact) mass is 186 g/mol. The number of hydrogen-bond donors (Lipinski definition) is 0. The molecule has 0 atom stereocenters. The first-order valence-corrected chi connectivity index (χ1v) is 4.79. The molecule has 2 aromatic rings. The molecule has 0 amide bonds. The van der Waals surface area contributed by atoms with E-state index in [-0.39, 0.29) is 0 Å². The molecule has 2 aromatic heterocycles. The third-order valence-corrected chi connectivity index (χ3v) is 2.48. The molecule has 2 heterocycles. The van der Waals surface area contributed by atoms with Crippen LogP contribution in [-0.4, -0.2) is 9.55 Å². The second-order valence-electron chi connectivity index (χ2n) is 3.56. The van der Waals surface area contributed by atoms with E-state index in [0.29, 0.717) is 0 Å². The van der Waals surface area contributed by atoms with E-state index in [0.717, 1.165) is 6.54 Å². The summed E-state index contributed by atoms with van der Waals surface area (Å²) in [6.45, 7) is 5.17. The first-order chi connectivity index (χ1) is 6.77. The molecule has 0 radical (unpaired) electrons. The van der Waals surface area contributed by atoms with E-state index >= 15 is 0 Å². The lowest BCUT2D eigenvalue weighted by Crippen LogP contribution is -2.03. The third kappa shape index (κ3) is 1.69. The van der Waals surface area contributed by atoms with Crippen molar-refractivity contribution >= 4 is 0 Å². The van der Waals surface area contributed by atoms with E-state index in [1.54, 1.807) is 6.20 Å². The van der Waals surface area contributed by atoms with Gasteiger partial charge in [0.2, 0.25) is 0 Å². The smallest absolute Gasteiger partial charge is 0.0490 e. The maximum atomic E-state index is 4.11. The number of hydrogen-bond acceptors (Lipinski definition) is 1. The molecule has 0 aliphatic carbocycles. The third-order valence-electron chi connectivity index (χ3n) is 2.48. The zero-order valence-electron chi connectivity index (χ0n) is 8.57. The van der Waals surface area contributed by atoms with Crippen molar-refractivity contribution in [1.82, 2.24) is 9.55 Å². The van der Waals surface area contributed by atoms with Crippen LogP contribution in [0.15, 0.2) is 36.7 Å². The molecule has 14 heavy (non-hydrogen) atoms. The fourth-order valence-electron chi connectivity index (χ4n) is 1.62. The van der Waals surface area contributed by atoms with Crippen LogP contribution in [0.1, 0.15) is 17.0 Å². The van der Waals surface area contributed by atoms with Crippen LogP contribution < -0.4 is 0 Å². The zero-order valence-corrected chi connectivity index (χ0v) is 8.57. The lowest BCUT2D eigenvalue weighted by molar-refractivity contribution is 0.746. The molecule has 0 unspecified atom stereocenters. The fraction of sp³-hybridized carbons (Fsp3) is 0.250. The van der Waals surface area contributed by atoms with Gasteiger partial charge in [0, 0.05) is 30.3 Å². The van der Waals surface area contributed by atoms with E-state index in [9.17, 15) is 0 Å². The highest BCUT2D eigenvalue weighted by Gasteiger charge is 2.01. The van der Waals surface area contributed by atoms with Gasteiger partial charge in [0.25, 0.3) is 0 Å². The van der Waals surface area contributed by atoms with Gasteiger partial charge < -0.3 is 4.57 Å². The molecule has 0 saturated heterocycles. The quantitative estimate of drug-likeness (QED) is 0.704. The van der Waals surface area contributed by atoms with Gasteiger partial charge in [-0.05, 0) is 37.6 Å². The normalized spacial score (nSPS) is 10.4. The molecule has 0 aliphatic rings. The van der Waals surface area contributed by atoms with Crippen molar-refractivity contribution in [1.29, 1.82) is 0 Å². The van der Waals surface area contributed by atoms with Crippen LogP contribution in [0.5, 0.6) is 0 Å². The number of aromatic nitrogens is 2. The Kier molecular flexibility index (Phi) is 2.35. The van der Waals surface area contributed by atoms with E-state index < -0.39 is 0 Å². The van der Waals surface area contributed by atoms with E-state index in [4.69, 9.17) is 0 Å². The van der Waals surface area contributed by atoms with Gasteiger partial charge >= 0.3 is 0 Å². The van der Waals surface area contributed by atoms with Gasteiger partial charge in [-0.25, -0.2) is 0 Å². The van der Waals surface area contributed by atoms with Crippen LogP contribution in [0.2, 0.25) is 0 Å². The van der Waals surface area contributed by atoms with Crippen LogP contribution in [0.4, 0.5) is 0 Å². The van der Waals surface area contributed by atoms with Crippen molar-refractivity contribution in [2.45, 2.75) is 20.4 Å². The Labute approximate surface area is 84.2 Å². The summed E-state index contributed by atoms with van der Waals surface area (Å²) in [6.07, 6.45) is 3.72. The number of aryl methyl sites for hydroxylation is 2. The molecule has 0 bridgehead atoms. The molecule has 0 fully saturated rings. The molecule has 0 aliphatic heterocycles. The largest absolute Gasteiger partial charge is 0.345 e. The summed E-state index contributed by atoms with van der Waals surface area (Å²) in [5, 5.41) is 0.